The molecule has 1 aromatic rings. The van der Waals surface area contributed by atoms with Crippen molar-refractivity contribution in [2.45, 2.75) is 19.0 Å². The zero-order valence-corrected chi connectivity index (χ0v) is 11.9. The largest absolute Gasteiger partial charge is 0.379 e. The lowest BCUT2D eigenvalue weighted by molar-refractivity contribution is 0.0184. The molecule has 0 saturated carbocycles. The first-order chi connectivity index (χ1) is 9.35. The lowest BCUT2D eigenvalue weighted by Crippen LogP contribution is -2.44. The molecule has 2 fully saturated rings. The fraction of sp³-hybridized carbons (Fsp3) is 0.750. The fourth-order valence-electron chi connectivity index (χ4n) is 2.86. The number of hydrogen-bond donors (Lipinski definition) is 2. The summed E-state index contributed by atoms with van der Waals surface area (Å²) in [5.41, 5.74) is 2.60. The molecule has 7 heteroatoms. The van der Waals surface area contributed by atoms with Crippen LogP contribution < -0.4 is 11.3 Å². The highest BCUT2D eigenvalue weighted by molar-refractivity contribution is 7.15. The van der Waals surface area contributed by atoms with Crippen LogP contribution in [0.4, 0.5) is 5.13 Å². The molecule has 0 spiro atoms. The first-order valence-corrected chi connectivity index (χ1v) is 7.62. The van der Waals surface area contributed by atoms with Crippen LogP contribution in [-0.2, 0) is 11.3 Å². The molecule has 2 aliphatic rings. The fourth-order valence-corrected chi connectivity index (χ4v) is 3.63. The monoisotopic (exact) mass is 283 g/mol. The lowest BCUT2D eigenvalue weighted by atomic mass is 10.2. The smallest absolute Gasteiger partial charge is 0.197 e. The number of morpholine rings is 1. The first-order valence-electron chi connectivity index (χ1n) is 6.80. The van der Waals surface area contributed by atoms with Crippen LogP contribution in [0.1, 0.15) is 11.3 Å². The van der Waals surface area contributed by atoms with Crippen molar-refractivity contribution in [3.8, 4) is 0 Å². The van der Waals surface area contributed by atoms with E-state index in [1.54, 1.807) is 11.3 Å². The number of nitrogen functional groups attached to an aromatic ring is 1. The van der Waals surface area contributed by atoms with E-state index in [9.17, 15) is 0 Å². The molecule has 106 valence electrons. The maximum absolute atomic E-state index is 5.42. The Bertz CT molecular complexity index is 407. The van der Waals surface area contributed by atoms with Gasteiger partial charge in [0.05, 0.1) is 13.2 Å². The highest BCUT2D eigenvalue weighted by Gasteiger charge is 2.28. The van der Waals surface area contributed by atoms with E-state index in [2.05, 4.69) is 20.2 Å². The molecule has 0 bridgehead atoms. The van der Waals surface area contributed by atoms with Gasteiger partial charge in [0, 0.05) is 49.8 Å². The number of nitrogens with one attached hydrogen (secondary N) is 1. The summed E-state index contributed by atoms with van der Waals surface area (Å²) in [5.74, 6) is 5.36. The molecule has 0 radical (unpaired) electrons. The minimum absolute atomic E-state index is 0.698. The third kappa shape index (κ3) is 3.24. The Balaban J connectivity index is 1.51. The number of likely N-dealkylation sites (tertiary alicyclic amines) is 1. The average molecular weight is 283 g/mol. The Hall–Kier alpha value is -0.730. The van der Waals surface area contributed by atoms with E-state index in [4.69, 9.17) is 10.6 Å². The van der Waals surface area contributed by atoms with Crippen LogP contribution in [0.15, 0.2) is 6.20 Å². The van der Waals surface area contributed by atoms with Crippen LogP contribution in [0, 0.1) is 0 Å². The van der Waals surface area contributed by atoms with Crippen molar-refractivity contribution in [3.05, 3.63) is 11.1 Å². The molecular formula is C12H21N5OS. The number of hydrazine groups is 1. The topological polar surface area (TPSA) is 66.7 Å². The second-order valence-corrected chi connectivity index (χ2v) is 6.22. The maximum atomic E-state index is 5.42. The van der Waals surface area contributed by atoms with E-state index >= 15 is 0 Å². The standard InChI is InChI=1S/C12H21N5OS/c13-15-12-14-7-11(19-12)9-16-2-1-10(8-16)17-3-5-18-6-4-17/h7,10H,1-6,8-9,13H2,(H,14,15). The van der Waals surface area contributed by atoms with Crippen molar-refractivity contribution in [2.24, 2.45) is 5.84 Å². The van der Waals surface area contributed by atoms with Crippen LogP contribution in [0.25, 0.3) is 0 Å². The van der Waals surface area contributed by atoms with Gasteiger partial charge in [0.2, 0.25) is 0 Å². The highest BCUT2D eigenvalue weighted by Crippen LogP contribution is 2.23. The van der Waals surface area contributed by atoms with Gasteiger partial charge < -0.3 is 4.74 Å². The lowest BCUT2D eigenvalue weighted by Gasteiger charge is -2.32. The van der Waals surface area contributed by atoms with E-state index in [1.807, 2.05) is 6.20 Å². The van der Waals surface area contributed by atoms with Crippen molar-refractivity contribution >= 4 is 16.5 Å². The Morgan fingerprint density at radius 1 is 1.42 bits per heavy atom. The van der Waals surface area contributed by atoms with Gasteiger partial charge in [0.1, 0.15) is 0 Å². The number of ether oxygens (including phenoxy) is 1. The van der Waals surface area contributed by atoms with Crippen LogP contribution in [0.5, 0.6) is 0 Å². The Labute approximate surface area is 117 Å². The Morgan fingerprint density at radius 3 is 3.00 bits per heavy atom. The molecule has 1 unspecified atom stereocenters. The van der Waals surface area contributed by atoms with Gasteiger partial charge in [0.25, 0.3) is 0 Å². The number of nitrogens with zero attached hydrogens (tertiary/aromatic N) is 3. The van der Waals surface area contributed by atoms with E-state index in [0.717, 1.165) is 44.5 Å². The summed E-state index contributed by atoms with van der Waals surface area (Å²) in [7, 11) is 0. The van der Waals surface area contributed by atoms with Crippen molar-refractivity contribution in [2.75, 3.05) is 44.8 Å². The van der Waals surface area contributed by atoms with Crippen LogP contribution in [0.2, 0.25) is 0 Å². The molecule has 3 heterocycles. The van der Waals surface area contributed by atoms with Gasteiger partial charge in [-0.3, -0.25) is 15.2 Å². The van der Waals surface area contributed by atoms with Gasteiger partial charge in [-0.1, -0.05) is 11.3 Å². The summed E-state index contributed by atoms with van der Waals surface area (Å²) in [6.45, 7) is 7.25. The number of aromatic nitrogens is 1. The third-order valence-corrected chi connectivity index (χ3v) is 4.78. The molecular weight excluding hydrogens is 262 g/mol. The van der Waals surface area contributed by atoms with Crippen LogP contribution in [-0.4, -0.2) is 60.2 Å². The van der Waals surface area contributed by atoms with E-state index < -0.39 is 0 Å². The summed E-state index contributed by atoms with van der Waals surface area (Å²) in [6, 6.07) is 0.698. The van der Waals surface area contributed by atoms with Crippen LogP contribution >= 0.6 is 11.3 Å². The van der Waals surface area contributed by atoms with E-state index in [0.29, 0.717) is 6.04 Å². The number of anilines is 1. The van der Waals surface area contributed by atoms with Gasteiger partial charge in [-0.15, -0.1) is 0 Å². The molecule has 0 aromatic carbocycles. The average Bonchev–Trinajstić information content (AvgIpc) is 3.09. The predicted octanol–water partition coefficient (Wildman–Crippen LogP) is 0.335. The van der Waals surface area contributed by atoms with E-state index in [-0.39, 0.29) is 0 Å². The molecule has 6 nitrogen and oxygen atoms in total. The minimum atomic E-state index is 0.698. The molecule has 0 aliphatic carbocycles. The summed E-state index contributed by atoms with van der Waals surface area (Å²) in [4.78, 5) is 10.6. The van der Waals surface area contributed by atoms with Crippen LogP contribution in [0.3, 0.4) is 0 Å². The number of rotatable bonds is 4. The second-order valence-electron chi connectivity index (χ2n) is 5.10. The number of hydrogen-bond acceptors (Lipinski definition) is 7. The summed E-state index contributed by atoms with van der Waals surface area (Å²) in [5, 5.41) is 0.791. The quantitative estimate of drug-likeness (QED) is 0.613. The summed E-state index contributed by atoms with van der Waals surface area (Å²) >= 11 is 1.63. The molecule has 0 amide bonds. The van der Waals surface area contributed by atoms with Crippen molar-refractivity contribution in [1.29, 1.82) is 0 Å². The number of nitrogens with two attached hydrogens (primary N) is 1. The van der Waals surface area contributed by atoms with Gasteiger partial charge >= 0.3 is 0 Å². The summed E-state index contributed by atoms with van der Waals surface area (Å²) in [6.07, 6.45) is 3.18. The maximum Gasteiger partial charge on any atom is 0.197 e. The molecule has 2 aliphatic heterocycles. The molecule has 3 N–H and O–H groups in total. The van der Waals surface area contributed by atoms with Crippen molar-refractivity contribution in [3.63, 3.8) is 0 Å². The van der Waals surface area contributed by atoms with Gasteiger partial charge in [-0.05, 0) is 6.42 Å². The molecule has 1 atom stereocenters. The van der Waals surface area contributed by atoms with Gasteiger partial charge in [-0.2, -0.15) is 0 Å². The second kappa shape index (κ2) is 6.15. The first kappa shape index (κ1) is 13.3. The third-order valence-electron chi connectivity index (χ3n) is 3.87. The van der Waals surface area contributed by atoms with Crippen molar-refractivity contribution < 1.29 is 4.74 Å². The highest BCUT2D eigenvalue weighted by atomic mass is 32.1. The molecule has 1 aromatic heterocycles. The van der Waals surface area contributed by atoms with E-state index in [1.165, 1.54) is 17.8 Å². The van der Waals surface area contributed by atoms with Gasteiger partial charge in [0.15, 0.2) is 5.13 Å². The molecule has 3 rings (SSSR count). The van der Waals surface area contributed by atoms with Gasteiger partial charge in [-0.25, -0.2) is 10.8 Å². The minimum Gasteiger partial charge on any atom is -0.379 e. The summed E-state index contributed by atoms with van der Waals surface area (Å²) < 4.78 is 5.42. The Morgan fingerprint density at radius 2 is 2.26 bits per heavy atom. The predicted molar refractivity (Wildman–Crippen MR) is 76.0 cm³/mol. The zero-order valence-electron chi connectivity index (χ0n) is 11.0. The molecule has 19 heavy (non-hydrogen) atoms. The van der Waals surface area contributed by atoms with Crippen molar-refractivity contribution in [1.82, 2.24) is 14.8 Å². The normalized spacial score (nSPS) is 25.8. The SMILES string of the molecule is NNc1ncc(CN2CCC(N3CCOCC3)C2)s1. The Kier molecular flexibility index (Phi) is 4.29. The zero-order chi connectivity index (χ0) is 13.1. The number of thiazole rings is 1. The molecule has 2 saturated heterocycles.